The molecule has 1 aliphatic carbocycles. The molecule has 0 aromatic heterocycles. The Labute approximate surface area is 125 Å². The summed E-state index contributed by atoms with van der Waals surface area (Å²) in [6, 6.07) is 1.77. The van der Waals surface area contributed by atoms with E-state index in [-0.39, 0.29) is 5.92 Å². The van der Waals surface area contributed by atoms with Crippen LogP contribution in [0.5, 0.6) is 0 Å². The van der Waals surface area contributed by atoms with Gasteiger partial charge in [-0.15, -0.1) is 0 Å². The molecule has 0 aromatic rings. The van der Waals surface area contributed by atoms with Crippen molar-refractivity contribution in [2.45, 2.75) is 72.9 Å². The summed E-state index contributed by atoms with van der Waals surface area (Å²) in [6.07, 6.45) is 4.09. The molecule has 0 N–H and O–H groups in total. The van der Waals surface area contributed by atoms with Crippen LogP contribution in [0, 0.1) is 46.8 Å². The Kier molecular flexibility index (Phi) is 10.2. The summed E-state index contributed by atoms with van der Waals surface area (Å²) in [5.41, 5.74) is 0. The van der Waals surface area contributed by atoms with Gasteiger partial charge in [0.05, 0.1) is 5.92 Å². The maximum Gasteiger partial charge on any atom is 0.152 e. The number of hydrogen-bond acceptors (Lipinski definition) is 1. The zero-order valence-electron chi connectivity index (χ0n) is 13.7. The van der Waals surface area contributed by atoms with Gasteiger partial charge >= 0.3 is 0 Å². The van der Waals surface area contributed by atoms with Gasteiger partial charge in [0, 0.05) is 5.92 Å². The third-order valence-electron chi connectivity index (χ3n) is 4.13. The molecule has 2 heteroatoms. The van der Waals surface area contributed by atoms with Gasteiger partial charge in [-0.05, 0) is 37.0 Å². The van der Waals surface area contributed by atoms with Crippen LogP contribution in [0.3, 0.4) is 0 Å². The second kappa shape index (κ2) is 10.7. The minimum atomic E-state index is -0.842. The molecule has 0 bridgehead atoms. The molecule has 0 heterocycles. The quantitative estimate of drug-likeness (QED) is 0.635. The standard InChI is InChI=1S/C16H24FN.C2H6/c1-12(2)6-7-13(3)15-9-8-14(5-4-10-18)16(17)11-15;1-2/h12-16H,6-9,11H2,1-3H3;1-2H3. The van der Waals surface area contributed by atoms with Crippen LogP contribution >= 0.6 is 0 Å². The second-order valence-electron chi connectivity index (χ2n) is 6.03. The van der Waals surface area contributed by atoms with Crippen LogP contribution in [-0.2, 0) is 0 Å². The number of halogens is 1. The van der Waals surface area contributed by atoms with E-state index in [1.807, 2.05) is 13.8 Å². The van der Waals surface area contributed by atoms with Gasteiger partial charge in [-0.25, -0.2) is 4.39 Å². The van der Waals surface area contributed by atoms with Gasteiger partial charge in [-0.1, -0.05) is 53.4 Å². The van der Waals surface area contributed by atoms with Crippen molar-refractivity contribution in [3.8, 4) is 17.9 Å². The Morgan fingerprint density at radius 1 is 1.15 bits per heavy atom. The molecule has 0 saturated heterocycles. The lowest BCUT2D eigenvalue weighted by Gasteiger charge is -2.33. The fraction of sp³-hybridized carbons (Fsp3) is 0.833. The highest BCUT2D eigenvalue weighted by Gasteiger charge is 2.31. The van der Waals surface area contributed by atoms with Gasteiger partial charge in [0.1, 0.15) is 6.17 Å². The molecule has 1 saturated carbocycles. The molecule has 0 aliphatic heterocycles. The first-order chi connectivity index (χ1) is 9.54. The van der Waals surface area contributed by atoms with Crippen molar-refractivity contribution >= 4 is 0 Å². The van der Waals surface area contributed by atoms with E-state index in [9.17, 15) is 4.39 Å². The molecule has 4 unspecified atom stereocenters. The van der Waals surface area contributed by atoms with Crippen LogP contribution in [0.2, 0.25) is 0 Å². The lowest BCUT2D eigenvalue weighted by atomic mass is 9.74. The van der Waals surface area contributed by atoms with Crippen molar-refractivity contribution in [2.75, 3.05) is 0 Å². The van der Waals surface area contributed by atoms with Crippen LogP contribution < -0.4 is 0 Å². The van der Waals surface area contributed by atoms with Crippen LogP contribution in [0.25, 0.3) is 0 Å². The Morgan fingerprint density at radius 3 is 2.30 bits per heavy atom. The molecule has 0 radical (unpaired) electrons. The van der Waals surface area contributed by atoms with Crippen LogP contribution in [-0.4, -0.2) is 6.17 Å². The monoisotopic (exact) mass is 279 g/mol. The van der Waals surface area contributed by atoms with Crippen molar-refractivity contribution < 1.29 is 4.39 Å². The van der Waals surface area contributed by atoms with E-state index in [0.717, 1.165) is 18.8 Å². The Balaban J connectivity index is 0.00000172. The average molecular weight is 279 g/mol. The van der Waals surface area contributed by atoms with Gasteiger partial charge in [0.2, 0.25) is 0 Å². The SMILES string of the molecule is CC.CC(C)CCC(C)C1CCC(C#CC#N)C(F)C1. The molecule has 0 spiro atoms. The van der Waals surface area contributed by atoms with E-state index in [4.69, 9.17) is 5.26 Å². The van der Waals surface area contributed by atoms with Crippen molar-refractivity contribution in [1.29, 1.82) is 5.26 Å². The number of nitrogens with zero attached hydrogens (tertiary/aromatic N) is 1. The van der Waals surface area contributed by atoms with E-state index >= 15 is 0 Å². The summed E-state index contributed by atoms with van der Waals surface area (Å²) in [6.45, 7) is 10.7. The Morgan fingerprint density at radius 2 is 1.80 bits per heavy atom. The van der Waals surface area contributed by atoms with E-state index in [0.29, 0.717) is 18.3 Å². The zero-order valence-corrected chi connectivity index (χ0v) is 13.7. The Hall–Kier alpha value is -1.02. The molecular weight excluding hydrogens is 249 g/mol. The Bertz CT molecular complexity index is 345. The van der Waals surface area contributed by atoms with Gasteiger partial charge in [-0.3, -0.25) is 0 Å². The number of hydrogen-bond donors (Lipinski definition) is 0. The van der Waals surface area contributed by atoms with Crippen LogP contribution in [0.15, 0.2) is 0 Å². The lowest BCUT2D eigenvalue weighted by molar-refractivity contribution is 0.123. The summed E-state index contributed by atoms with van der Waals surface area (Å²) in [5, 5.41) is 8.40. The number of alkyl halides is 1. The van der Waals surface area contributed by atoms with Crippen LogP contribution in [0.1, 0.15) is 66.7 Å². The number of nitriles is 1. The maximum absolute atomic E-state index is 14.0. The maximum atomic E-state index is 14.0. The van der Waals surface area contributed by atoms with Crippen molar-refractivity contribution in [3.63, 3.8) is 0 Å². The first-order valence-electron chi connectivity index (χ1n) is 8.08. The highest BCUT2D eigenvalue weighted by atomic mass is 19.1. The molecular formula is C18H30FN. The highest BCUT2D eigenvalue weighted by molar-refractivity contribution is 5.19. The minimum Gasteiger partial charge on any atom is -0.246 e. The topological polar surface area (TPSA) is 23.8 Å². The average Bonchev–Trinajstić information content (AvgIpc) is 2.45. The fourth-order valence-electron chi connectivity index (χ4n) is 2.78. The predicted octanol–water partition coefficient (Wildman–Crippen LogP) is 5.37. The molecule has 0 aromatic carbocycles. The molecule has 1 aliphatic rings. The summed E-state index contributed by atoms with van der Waals surface area (Å²) >= 11 is 0. The lowest BCUT2D eigenvalue weighted by Crippen LogP contribution is -2.28. The first kappa shape index (κ1) is 19.0. The molecule has 1 fully saturated rings. The van der Waals surface area contributed by atoms with Crippen LogP contribution in [0.4, 0.5) is 4.39 Å². The molecule has 1 nitrogen and oxygen atoms in total. The van der Waals surface area contributed by atoms with E-state index < -0.39 is 6.17 Å². The fourth-order valence-corrected chi connectivity index (χ4v) is 2.78. The largest absolute Gasteiger partial charge is 0.246 e. The predicted molar refractivity (Wildman–Crippen MR) is 83.7 cm³/mol. The molecule has 1 rings (SSSR count). The molecule has 0 amide bonds. The molecule has 20 heavy (non-hydrogen) atoms. The number of rotatable bonds is 4. The normalized spacial score (nSPS) is 26.6. The smallest absolute Gasteiger partial charge is 0.152 e. The van der Waals surface area contributed by atoms with Crippen molar-refractivity contribution in [1.82, 2.24) is 0 Å². The molecule has 114 valence electrons. The first-order valence-corrected chi connectivity index (χ1v) is 8.08. The minimum absolute atomic E-state index is 0.210. The van der Waals surface area contributed by atoms with Gasteiger partial charge < -0.3 is 0 Å². The third-order valence-corrected chi connectivity index (χ3v) is 4.13. The summed E-state index contributed by atoms with van der Waals surface area (Å²) in [7, 11) is 0. The summed E-state index contributed by atoms with van der Waals surface area (Å²) in [4.78, 5) is 0. The van der Waals surface area contributed by atoms with Crippen molar-refractivity contribution in [2.24, 2.45) is 23.7 Å². The zero-order chi connectivity index (χ0) is 15.5. The summed E-state index contributed by atoms with van der Waals surface area (Å²) < 4.78 is 14.0. The summed E-state index contributed by atoms with van der Waals surface area (Å²) in [5.74, 6) is 6.72. The van der Waals surface area contributed by atoms with Gasteiger partial charge in [0.25, 0.3) is 0 Å². The third kappa shape index (κ3) is 6.95. The van der Waals surface area contributed by atoms with E-state index in [2.05, 4.69) is 32.6 Å². The van der Waals surface area contributed by atoms with Gasteiger partial charge in [-0.2, -0.15) is 5.26 Å². The second-order valence-corrected chi connectivity index (χ2v) is 6.03. The van der Waals surface area contributed by atoms with Gasteiger partial charge in [0.15, 0.2) is 6.07 Å². The van der Waals surface area contributed by atoms with E-state index in [1.54, 1.807) is 6.07 Å². The van der Waals surface area contributed by atoms with E-state index in [1.165, 1.54) is 12.8 Å². The molecule has 4 atom stereocenters. The van der Waals surface area contributed by atoms with Crippen molar-refractivity contribution in [3.05, 3.63) is 0 Å². The highest BCUT2D eigenvalue weighted by Crippen LogP contribution is 2.37.